The van der Waals surface area contributed by atoms with E-state index in [0.717, 1.165) is 12.8 Å². The standard InChI is InChI=1S/C21H27FN2O5/c1-2-3-10-28-21(27)24-8-6-14(7-9-24)18(25)13-23-17-12-20(26)29-19-5-4-15(22)11-16(17)19/h4-5,11-12,14,18,23,25H,2-3,6-10,13H2,1H3. The van der Waals surface area contributed by atoms with Gasteiger partial charge in [0.25, 0.3) is 0 Å². The van der Waals surface area contributed by atoms with Crippen molar-refractivity contribution < 1.29 is 23.4 Å². The lowest BCUT2D eigenvalue weighted by atomic mass is 9.91. The minimum absolute atomic E-state index is 0.0188. The number of rotatable bonds is 7. The summed E-state index contributed by atoms with van der Waals surface area (Å²) in [7, 11) is 0. The molecule has 1 aromatic heterocycles. The Morgan fingerprint density at radius 1 is 1.38 bits per heavy atom. The molecule has 0 bridgehead atoms. The zero-order chi connectivity index (χ0) is 20.8. The number of ether oxygens (including phenoxy) is 1. The number of fused-ring (bicyclic) bond motifs is 1. The van der Waals surface area contributed by atoms with Crippen LogP contribution in [-0.2, 0) is 4.74 Å². The van der Waals surface area contributed by atoms with Crippen LogP contribution in [0.2, 0.25) is 0 Å². The molecule has 2 N–H and O–H groups in total. The first-order valence-corrected chi connectivity index (χ1v) is 10.0. The Morgan fingerprint density at radius 2 is 2.14 bits per heavy atom. The lowest BCUT2D eigenvalue weighted by Gasteiger charge is -2.33. The SMILES string of the molecule is CCCCOC(=O)N1CCC(C(O)CNc2cc(=O)oc3ccc(F)cc23)CC1. The Bertz CT molecular complexity index is 892. The monoisotopic (exact) mass is 406 g/mol. The molecule has 1 saturated heterocycles. The molecule has 1 aromatic carbocycles. The van der Waals surface area contributed by atoms with Crippen molar-refractivity contribution in [3.05, 3.63) is 40.5 Å². The third kappa shape index (κ3) is 5.47. The molecule has 1 atom stereocenters. The van der Waals surface area contributed by atoms with Gasteiger partial charge < -0.3 is 24.5 Å². The summed E-state index contributed by atoms with van der Waals surface area (Å²) in [6, 6.07) is 5.17. The molecule has 7 nitrogen and oxygen atoms in total. The second-order valence-corrected chi connectivity index (χ2v) is 7.36. The van der Waals surface area contributed by atoms with Gasteiger partial charge in [-0.3, -0.25) is 0 Å². The average Bonchev–Trinajstić information content (AvgIpc) is 2.72. The number of nitrogens with one attached hydrogen (secondary N) is 1. The number of amides is 1. The first-order chi connectivity index (χ1) is 14.0. The molecule has 1 aliphatic rings. The number of halogens is 1. The van der Waals surface area contributed by atoms with Crippen LogP contribution in [0.1, 0.15) is 32.6 Å². The van der Waals surface area contributed by atoms with E-state index in [0.29, 0.717) is 43.6 Å². The van der Waals surface area contributed by atoms with Gasteiger partial charge in [0.1, 0.15) is 11.4 Å². The first kappa shape index (κ1) is 21.1. The fourth-order valence-electron chi connectivity index (χ4n) is 3.52. The summed E-state index contributed by atoms with van der Waals surface area (Å²) in [4.78, 5) is 25.4. The number of hydrogen-bond acceptors (Lipinski definition) is 6. The average molecular weight is 406 g/mol. The molecule has 29 heavy (non-hydrogen) atoms. The fraction of sp³-hybridized carbons (Fsp3) is 0.524. The van der Waals surface area contributed by atoms with Crippen LogP contribution in [0, 0.1) is 11.7 Å². The number of likely N-dealkylation sites (tertiary alicyclic amines) is 1. The van der Waals surface area contributed by atoms with Gasteiger partial charge in [0.05, 0.1) is 18.4 Å². The third-order valence-corrected chi connectivity index (χ3v) is 5.27. The highest BCUT2D eigenvalue weighted by Gasteiger charge is 2.28. The molecule has 1 amide bonds. The number of carbonyl (C=O) groups is 1. The Morgan fingerprint density at radius 3 is 2.86 bits per heavy atom. The van der Waals surface area contributed by atoms with Crippen molar-refractivity contribution in [2.75, 3.05) is 31.6 Å². The van der Waals surface area contributed by atoms with E-state index in [2.05, 4.69) is 5.32 Å². The van der Waals surface area contributed by atoms with E-state index in [-0.39, 0.29) is 24.1 Å². The van der Waals surface area contributed by atoms with Gasteiger partial charge >= 0.3 is 11.7 Å². The Hall–Kier alpha value is -2.61. The smallest absolute Gasteiger partial charge is 0.409 e. The van der Waals surface area contributed by atoms with E-state index >= 15 is 0 Å². The minimum Gasteiger partial charge on any atom is -0.449 e. The van der Waals surface area contributed by atoms with Crippen LogP contribution in [-0.4, -0.2) is 48.4 Å². The van der Waals surface area contributed by atoms with Crippen molar-refractivity contribution in [1.29, 1.82) is 0 Å². The summed E-state index contributed by atoms with van der Waals surface area (Å²) in [5.74, 6) is -0.418. The lowest BCUT2D eigenvalue weighted by molar-refractivity contribution is 0.0526. The number of carbonyl (C=O) groups excluding carboxylic acids is 1. The molecular formula is C21H27FN2O5. The zero-order valence-electron chi connectivity index (χ0n) is 16.5. The molecule has 0 radical (unpaired) electrons. The number of piperidine rings is 1. The number of anilines is 1. The normalized spacial score (nSPS) is 16.0. The molecule has 0 spiro atoms. The van der Waals surface area contributed by atoms with Crippen molar-refractivity contribution in [2.24, 2.45) is 5.92 Å². The maximum atomic E-state index is 13.6. The van der Waals surface area contributed by atoms with Crippen molar-refractivity contribution >= 4 is 22.7 Å². The van der Waals surface area contributed by atoms with Crippen LogP contribution in [0.25, 0.3) is 11.0 Å². The van der Waals surface area contributed by atoms with Crippen LogP contribution in [0.4, 0.5) is 14.9 Å². The van der Waals surface area contributed by atoms with Crippen LogP contribution in [0.3, 0.4) is 0 Å². The van der Waals surface area contributed by atoms with Crippen molar-refractivity contribution in [3.63, 3.8) is 0 Å². The van der Waals surface area contributed by atoms with Gasteiger partial charge in [-0.05, 0) is 43.4 Å². The summed E-state index contributed by atoms with van der Waals surface area (Å²) in [6.07, 6.45) is 2.19. The highest BCUT2D eigenvalue weighted by atomic mass is 19.1. The molecule has 8 heteroatoms. The number of unbranched alkanes of at least 4 members (excludes halogenated alkanes) is 1. The molecule has 1 fully saturated rings. The predicted octanol–water partition coefficient (Wildman–Crippen LogP) is 3.35. The summed E-state index contributed by atoms with van der Waals surface area (Å²) < 4.78 is 23.9. The van der Waals surface area contributed by atoms with Crippen LogP contribution in [0.15, 0.2) is 33.5 Å². The summed E-state index contributed by atoms with van der Waals surface area (Å²) in [5.41, 5.74) is 0.161. The predicted molar refractivity (Wildman–Crippen MR) is 107 cm³/mol. The van der Waals surface area contributed by atoms with Crippen molar-refractivity contribution in [2.45, 2.75) is 38.7 Å². The van der Waals surface area contributed by atoms with Gasteiger partial charge in [-0.15, -0.1) is 0 Å². The molecule has 158 valence electrons. The molecular weight excluding hydrogens is 379 g/mol. The number of hydrogen-bond donors (Lipinski definition) is 2. The summed E-state index contributed by atoms with van der Waals surface area (Å²) in [6.45, 7) is 3.75. The molecule has 2 heterocycles. The van der Waals surface area contributed by atoms with Gasteiger partial charge in [-0.2, -0.15) is 0 Å². The van der Waals surface area contributed by atoms with E-state index < -0.39 is 17.5 Å². The molecule has 3 rings (SSSR count). The van der Waals surface area contributed by atoms with E-state index in [9.17, 15) is 19.1 Å². The third-order valence-electron chi connectivity index (χ3n) is 5.27. The second kappa shape index (κ2) is 9.73. The van der Waals surface area contributed by atoms with Gasteiger partial charge in [0.2, 0.25) is 0 Å². The second-order valence-electron chi connectivity index (χ2n) is 7.36. The quantitative estimate of drug-likeness (QED) is 0.541. The van der Waals surface area contributed by atoms with Gasteiger partial charge in [0, 0.05) is 31.1 Å². The minimum atomic E-state index is -0.663. The number of nitrogens with zero attached hydrogens (tertiary/aromatic N) is 1. The largest absolute Gasteiger partial charge is 0.449 e. The molecule has 1 aliphatic heterocycles. The van der Waals surface area contributed by atoms with Crippen LogP contribution >= 0.6 is 0 Å². The molecule has 1 unspecified atom stereocenters. The Labute approximate surface area is 168 Å². The van der Waals surface area contributed by atoms with Gasteiger partial charge in [0.15, 0.2) is 0 Å². The van der Waals surface area contributed by atoms with Crippen LogP contribution < -0.4 is 10.9 Å². The Kier molecular flexibility index (Phi) is 7.09. The maximum Gasteiger partial charge on any atom is 0.409 e. The van der Waals surface area contributed by atoms with E-state index in [1.807, 2.05) is 6.92 Å². The number of benzene rings is 1. The van der Waals surface area contributed by atoms with Gasteiger partial charge in [-0.1, -0.05) is 13.3 Å². The number of aliphatic hydroxyl groups is 1. The van der Waals surface area contributed by atoms with E-state index in [4.69, 9.17) is 9.15 Å². The first-order valence-electron chi connectivity index (χ1n) is 10.0. The van der Waals surface area contributed by atoms with Crippen molar-refractivity contribution in [1.82, 2.24) is 4.90 Å². The van der Waals surface area contributed by atoms with Gasteiger partial charge in [-0.25, -0.2) is 14.0 Å². The molecule has 0 aliphatic carbocycles. The highest BCUT2D eigenvalue weighted by Crippen LogP contribution is 2.25. The van der Waals surface area contributed by atoms with Crippen LogP contribution in [0.5, 0.6) is 0 Å². The Balaban J connectivity index is 1.54. The summed E-state index contributed by atoms with van der Waals surface area (Å²) in [5, 5.41) is 14.0. The topological polar surface area (TPSA) is 92.0 Å². The van der Waals surface area contributed by atoms with E-state index in [1.165, 1.54) is 24.3 Å². The highest BCUT2D eigenvalue weighted by molar-refractivity contribution is 5.89. The van der Waals surface area contributed by atoms with Crippen molar-refractivity contribution in [3.8, 4) is 0 Å². The molecule has 2 aromatic rings. The molecule has 0 saturated carbocycles. The maximum absolute atomic E-state index is 13.6. The fourth-order valence-corrected chi connectivity index (χ4v) is 3.52. The lowest BCUT2D eigenvalue weighted by Crippen LogP contribution is -2.43. The summed E-state index contributed by atoms with van der Waals surface area (Å²) >= 11 is 0. The zero-order valence-corrected chi connectivity index (χ0v) is 16.5. The van der Waals surface area contributed by atoms with E-state index in [1.54, 1.807) is 4.90 Å². The number of aliphatic hydroxyl groups excluding tert-OH is 1.